The first kappa shape index (κ1) is 15.2. The molecule has 1 saturated heterocycles. The van der Waals surface area contributed by atoms with Crippen LogP contribution in [-0.2, 0) is 14.8 Å². The van der Waals surface area contributed by atoms with Gasteiger partial charge in [-0.3, -0.25) is 4.90 Å². The zero-order valence-electron chi connectivity index (χ0n) is 11.6. The minimum atomic E-state index is -3.17. The molecule has 0 spiro atoms. The highest BCUT2D eigenvalue weighted by molar-refractivity contribution is 7.89. The van der Waals surface area contributed by atoms with Gasteiger partial charge in [0.05, 0.1) is 19.0 Å². The Balaban J connectivity index is 1.65. The largest absolute Gasteiger partial charge is 0.379 e. The molecule has 19 heavy (non-hydrogen) atoms. The summed E-state index contributed by atoms with van der Waals surface area (Å²) >= 11 is 0. The summed E-state index contributed by atoms with van der Waals surface area (Å²) in [5.74, 6) is 0.164. The van der Waals surface area contributed by atoms with Crippen molar-refractivity contribution in [1.82, 2.24) is 14.9 Å². The van der Waals surface area contributed by atoms with Crippen LogP contribution in [0.1, 0.15) is 19.8 Å². The molecule has 2 N–H and O–H groups in total. The summed E-state index contributed by atoms with van der Waals surface area (Å²) in [4.78, 5) is 2.24. The fourth-order valence-corrected chi connectivity index (χ4v) is 3.45. The molecule has 0 aromatic heterocycles. The average Bonchev–Trinajstić information content (AvgIpc) is 3.13. The van der Waals surface area contributed by atoms with Crippen molar-refractivity contribution in [2.45, 2.75) is 31.8 Å². The maximum atomic E-state index is 11.9. The summed E-state index contributed by atoms with van der Waals surface area (Å²) in [6, 6.07) is 0.505. The molecule has 1 saturated carbocycles. The SMILES string of the molecule is CC(CN1CCOCC1)NS(=O)(=O)CCNC1CC1. The van der Waals surface area contributed by atoms with Crippen molar-refractivity contribution in [3.63, 3.8) is 0 Å². The molecule has 1 atom stereocenters. The highest BCUT2D eigenvalue weighted by Crippen LogP contribution is 2.18. The lowest BCUT2D eigenvalue weighted by molar-refractivity contribution is 0.0354. The van der Waals surface area contributed by atoms with Gasteiger partial charge in [-0.05, 0) is 19.8 Å². The van der Waals surface area contributed by atoms with E-state index < -0.39 is 10.0 Å². The van der Waals surface area contributed by atoms with E-state index in [9.17, 15) is 8.42 Å². The smallest absolute Gasteiger partial charge is 0.213 e. The number of hydrogen-bond donors (Lipinski definition) is 2. The van der Waals surface area contributed by atoms with Crippen molar-refractivity contribution < 1.29 is 13.2 Å². The van der Waals surface area contributed by atoms with Crippen LogP contribution in [0.5, 0.6) is 0 Å². The van der Waals surface area contributed by atoms with Crippen LogP contribution in [0.4, 0.5) is 0 Å². The first-order valence-corrected chi connectivity index (χ1v) is 8.74. The van der Waals surface area contributed by atoms with Gasteiger partial charge in [0.1, 0.15) is 0 Å². The van der Waals surface area contributed by atoms with Gasteiger partial charge in [-0.25, -0.2) is 13.1 Å². The average molecular weight is 291 g/mol. The number of rotatable bonds is 8. The Morgan fingerprint density at radius 1 is 1.32 bits per heavy atom. The molecule has 112 valence electrons. The van der Waals surface area contributed by atoms with Gasteiger partial charge in [-0.2, -0.15) is 0 Å². The Morgan fingerprint density at radius 2 is 2.00 bits per heavy atom. The quantitative estimate of drug-likeness (QED) is 0.624. The molecular formula is C12H25N3O3S. The fourth-order valence-electron chi connectivity index (χ4n) is 2.26. The Bertz CT molecular complexity index is 364. The molecule has 2 fully saturated rings. The van der Waals surface area contributed by atoms with Gasteiger partial charge < -0.3 is 10.1 Å². The summed E-state index contributed by atoms with van der Waals surface area (Å²) in [5.41, 5.74) is 0. The highest BCUT2D eigenvalue weighted by Gasteiger charge is 2.22. The van der Waals surface area contributed by atoms with E-state index in [2.05, 4.69) is 14.9 Å². The Hall–Kier alpha value is -0.210. The summed E-state index contributed by atoms with van der Waals surface area (Å²) in [6.45, 7) is 6.46. The molecule has 6 nitrogen and oxygen atoms in total. The standard InChI is InChI=1S/C12H25N3O3S/c1-11(10-15-5-7-18-8-6-15)14-19(16,17)9-4-13-12-2-3-12/h11-14H,2-10H2,1H3. The molecule has 0 aromatic rings. The van der Waals surface area contributed by atoms with E-state index in [1.807, 2.05) is 6.92 Å². The normalized spacial score (nSPS) is 23.4. The second-order valence-corrected chi connectivity index (χ2v) is 7.35. The topological polar surface area (TPSA) is 70.7 Å². The third-order valence-electron chi connectivity index (χ3n) is 3.40. The summed E-state index contributed by atoms with van der Waals surface area (Å²) in [5, 5.41) is 3.22. The Kier molecular flexibility index (Phi) is 5.58. The second-order valence-electron chi connectivity index (χ2n) is 5.48. The van der Waals surface area contributed by atoms with Crippen LogP contribution < -0.4 is 10.0 Å². The number of morpholine rings is 1. The zero-order valence-corrected chi connectivity index (χ0v) is 12.4. The van der Waals surface area contributed by atoms with Crippen LogP contribution in [0.3, 0.4) is 0 Å². The van der Waals surface area contributed by atoms with Gasteiger partial charge >= 0.3 is 0 Å². The van der Waals surface area contributed by atoms with Gasteiger partial charge in [0.2, 0.25) is 10.0 Å². The van der Waals surface area contributed by atoms with Crippen LogP contribution in [0.2, 0.25) is 0 Å². The lowest BCUT2D eigenvalue weighted by Crippen LogP contribution is -2.47. The van der Waals surface area contributed by atoms with Gasteiger partial charge in [-0.1, -0.05) is 0 Å². The number of hydrogen-bond acceptors (Lipinski definition) is 5. The van der Waals surface area contributed by atoms with E-state index in [0.717, 1.165) is 32.8 Å². The van der Waals surface area contributed by atoms with Crippen molar-refractivity contribution in [1.29, 1.82) is 0 Å². The van der Waals surface area contributed by atoms with Crippen LogP contribution in [0.15, 0.2) is 0 Å². The van der Waals surface area contributed by atoms with Crippen molar-refractivity contribution >= 4 is 10.0 Å². The molecule has 0 bridgehead atoms. The van der Waals surface area contributed by atoms with E-state index in [1.54, 1.807) is 0 Å². The molecular weight excluding hydrogens is 266 g/mol. The number of sulfonamides is 1. The van der Waals surface area contributed by atoms with E-state index >= 15 is 0 Å². The minimum Gasteiger partial charge on any atom is -0.379 e. The van der Waals surface area contributed by atoms with Crippen molar-refractivity contribution in [3.05, 3.63) is 0 Å². The Morgan fingerprint density at radius 3 is 2.63 bits per heavy atom. The first-order valence-electron chi connectivity index (χ1n) is 7.09. The molecule has 0 aromatic carbocycles. The molecule has 1 unspecified atom stereocenters. The van der Waals surface area contributed by atoms with Gasteiger partial charge in [0.25, 0.3) is 0 Å². The lowest BCUT2D eigenvalue weighted by atomic mass is 10.3. The predicted octanol–water partition coefficient (Wildman–Crippen LogP) is -0.621. The third-order valence-corrected chi connectivity index (χ3v) is 4.90. The van der Waals surface area contributed by atoms with Gasteiger partial charge in [0, 0.05) is 38.3 Å². The lowest BCUT2D eigenvalue weighted by Gasteiger charge is -2.29. The number of ether oxygens (including phenoxy) is 1. The van der Waals surface area contributed by atoms with Crippen LogP contribution in [0, 0.1) is 0 Å². The predicted molar refractivity (Wildman–Crippen MR) is 74.7 cm³/mol. The first-order chi connectivity index (χ1) is 9.05. The van der Waals surface area contributed by atoms with Gasteiger partial charge in [-0.15, -0.1) is 0 Å². The van der Waals surface area contributed by atoms with Gasteiger partial charge in [0.15, 0.2) is 0 Å². The fraction of sp³-hybridized carbons (Fsp3) is 1.00. The summed E-state index contributed by atoms with van der Waals surface area (Å²) in [7, 11) is -3.17. The van der Waals surface area contributed by atoms with E-state index in [-0.39, 0.29) is 11.8 Å². The second kappa shape index (κ2) is 6.99. The van der Waals surface area contributed by atoms with Crippen molar-refractivity contribution in [2.75, 3.05) is 45.1 Å². The maximum Gasteiger partial charge on any atom is 0.213 e. The molecule has 1 aliphatic heterocycles. The van der Waals surface area contributed by atoms with Crippen molar-refractivity contribution in [3.8, 4) is 0 Å². The number of nitrogens with one attached hydrogen (secondary N) is 2. The maximum absolute atomic E-state index is 11.9. The molecule has 2 rings (SSSR count). The minimum absolute atomic E-state index is 0.0518. The zero-order chi connectivity index (χ0) is 13.7. The molecule has 2 aliphatic rings. The highest BCUT2D eigenvalue weighted by atomic mass is 32.2. The van der Waals surface area contributed by atoms with Crippen LogP contribution in [-0.4, -0.2) is 70.5 Å². The third kappa shape index (κ3) is 6.18. The Labute approximate surface area is 115 Å². The van der Waals surface area contributed by atoms with Crippen LogP contribution >= 0.6 is 0 Å². The van der Waals surface area contributed by atoms with Crippen LogP contribution in [0.25, 0.3) is 0 Å². The molecule has 7 heteroatoms. The molecule has 1 aliphatic carbocycles. The monoisotopic (exact) mass is 291 g/mol. The van der Waals surface area contributed by atoms with E-state index in [1.165, 1.54) is 12.8 Å². The molecule has 1 heterocycles. The van der Waals surface area contributed by atoms with E-state index in [0.29, 0.717) is 12.6 Å². The van der Waals surface area contributed by atoms with Crippen molar-refractivity contribution in [2.24, 2.45) is 0 Å². The summed E-state index contributed by atoms with van der Waals surface area (Å²) < 4.78 is 31.8. The van der Waals surface area contributed by atoms with E-state index in [4.69, 9.17) is 4.74 Å². The number of nitrogens with zero attached hydrogens (tertiary/aromatic N) is 1. The molecule has 0 radical (unpaired) electrons. The summed E-state index contributed by atoms with van der Waals surface area (Å²) in [6.07, 6.45) is 2.36. The molecule has 0 amide bonds.